The number of hydrogen-bond acceptors (Lipinski definition) is 6. The van der Waals surface area contributed by atoms with Crippen LogP contribution in [-0.2, 0) is 14.4 Å². The Balaban J connectivity index is 1.76. The predicted octanol–water partition coefficient (Wildman–Crippen LogP) is -1.12. The van der Waals surface area contributed by atoms with Gasteiger partial charge in [0, 0.05) is 26.2 Å². The molecule has 1 aromatic rings. The molecule has 1 heterocycles. The zero-order valence-corrected chi connectivity index (χ0v) is 13.4. The molecule has 2 amide bonds. The summed E-state index contributed by atoms with van der Waals surface area (Å²) in [6, 6.07) is 6.90. The van der Waals surface area contributed by atoms with E-state index in [-0.39, 0.29) is 12.5 Å². The fourth-order valence-electron chi connectivity index (χ4n) is 2.35. The van der Waals surface area contributed by atoms with Crippen LogP contribution in [0, 0.1) is 0 Å². The van der Waals surface area contributed by atoms with Crippen LogP contribution in [0.15, 0.2) is 24.3 Å². The van der Waals surface area contributed by atoms with Crippen molar-refractivity contribution in [2.45, 2.75) is 6.42 Å². The van der Waals surface area contributed by atoms with Gasteiger partial charge in [0.1, 0.15) is 11.5 Å². The van der Waals surface area contributed by atoms with Crippen molar-refractivity contribution in [3.05, 3.63) is 24.3 Å². The molecule has 0 spiro atoms. The van der Waals surface area contributed by atoms with E-state index in [1.807, 2.05) is 0 Å². The number of hydrogen-bond donors (Lipinski definition) is 0. The smallest absolute Gasteiger partial charge is 0.260 e. The molecule has 1 aliphatic heterocycles. The van der Waals surface area contributed by atoms with Crippen molar-refractivity contribution < 1.29 is 29.0 Å². The molecular weight excluding hydrogens is 316 g/mol. The Kier molecular flexibility index (Phi) is 6.00. The highest BCUT2D eigenvalue weighted by atomic mass is 16.5. The maximum absolute atomic E-state index is 12.1. The van der Waals surface area contributed by atoms with Crippen LogP contribution < -0.4 is 14.6 Å². The average molecular weight is 335 g/mol. The molecule has 0 bridgehead atoms. The summed E-state index contributed by atoms with van der Waals surface area (Å²) in [6.45, 7) is 1.22. The van der Waals surface area contributed by atoms with Crippen LogP contribution in [0.2, 0.25) is 0 Å². The van der Waals surface area contributed by atoms with Gasteiger partial charge in [-0.15, -0.1) is 0 Å². The number of rotatable bonds is 6. The third-order valence-electron chi connectivity index (χ3n) is 3.70. The van der Waals surface area contributed by atoms with Crippen molar-refractivity contribution in [3.8, 4) is 11.5 Å². The van der Waals surface area contributed by atoms with Gasteiger partial charge in [0.15, 0.2) is 6.61 Å². The Morgan fingerprint density at radius 1 is 0.958 bits per heavy atom. The first-order valence-electron chi connectivity index (χ1n) is 7.52. The standard InChI is InChI=1S/C16H20N2O6/c1-23-12-2-4-13(5-3-12)24-11-15(20)18-8-6-17(7-9-18)14(19)10-16(21)22/h2-5H,6-11H2,1H3,(H,21,22)/p-1. The van der Waals surface area contributed by atoms with Gasteiger partial charge in [0.05, 0.1) is 19.5 Å². The van der Waals surface area contributed by atoms with E-state index in [0.717, 1.165) is 0 Å². The second-order valence-corrected chi connectivity index (χ2v) is 5.27. The SMILES string of the molecule is COc1ccc(OCC(=O)N2CCN(C(=O)CC(=O)[O-])CC2)cc1. The van der Waals surface area contributed by atoms with E-state index in [1.165, 1.54) is 4.90 Å². The van der Waals surface area contributed by atoms with Crippen molar-refractivity contribution in [2.75, 3.05) is 39.9 Å². The van der Waals surface area contributed by atoms with Gasteiger partial charge in [-0.1, -0.05) is 0 Å². The lowest BCUT2D eigenvalue weighted by Crippen LogP contribution is -2.52. The summed E-state index contributed by atoms with van der Waals surface area (Å²) >= 11 is 0. The number of amides is 2. The predicted molar refractivity (Wildman–Crippen MR) is 81.3 cm³/mol. The highest BCUT2D eigenvalue weighted by molar-refractivity contribution is 5.92. The van der Waals surface area contributed by atoms with Gasteiger partial charge in [-0.2, -0.15) is 0 Å². The lowest BCUT2D eigenvalue weighted by atomic mass is 10.2. The first-order valence-corrected chi connectivity index (χ1v) is 7.52. The van der Waals surface area contributed by atoms with Crippen LogP contribution in [0.1, 0.15) is 6.42 Å². The Morgan fingerprint density at radius 3 is 1.96 bits per heavy atom. The molecule has 1 fully saturated rings. The molecule has 0 aromatic heterocycles. The molecule has 0 unspecified atom stereocenters. The second kappa shape index (κ2) is 8.19. The molecule has 0 aliphatic carbocycles. The number of benzene rings is 1. The summed E-state index contributed by atoms with van der Waals surface area (Å²) in [5, 5.41) is 10.4. The largest absolute Gasteiger partial charge is 0.550 e. The van der Waals surface area contributed by atoms with Crippen LogP contribution in [-0.4, -0.2) is 67.5 Å². The first kappa shape index (κ1) is 17.6. The highest BCUT2D eigenvalue weighted by Crippen LogP contribution is 2.17. The molecular formula is C16H19N2O6-. The molecule has 0 radical (unpaired) electrons. The van der Waals surface area contributed by atoms with Gasteiger partial charge in [0.2, 0.25) is 5.91 Å². The molecule has 0 saturated carbocycles. The minimum absolute atomic E-state index is 0.0979. The number of carboxylic acids is 1. The number of methoxy groups -OCH3 is 1. The van der Waals surface area contributed by atoms with Crippen LogP contribution in [0.25, 0.3) is 0 Å². The van der Waals surface area contributed by atoms with Gasteiger partial charge < -0.3 is 29.2 Å². The van der Waals surface area contributed by atoms with Gasteiger partial charge >= 0.3 is 0 Å². The number of piperazine rings is 1. The fraction of sp³-hybridized carbons (Fsp3) is 0.438. The molecule has 0 atom stereocenters. The molecule has 8 nitrogen and oxygen atoms in total. The fourth-order valence-corrected chi connectivity index (χ4v) is 2.35. The number of nitrogens with zero attached hydrogens (tertiary/aromatic N) is 2. The Morgan fingerprint density at radius 2 is 1.46 bits per heavy atom. The molecule has 130 valence electrons. The molecule has 1 aromatic carbocycles. The number of carboxylic acid groups (broad SMARTS) is 1. The second-order valence-electron chi connectivity index (χ2n) is 5.27. The Bertz CT molecular complexity index is 593. The lowest BCUT2D eigenvalue weighted by Gasteiger charge is -2.34. The minimum Gasteiger partial charge on any atom is -0.550 e. The van der Waals surface area contributed by atoms with E-state index in [2.05, 4.69) is 0 Å². The summed E-state index contributed by atoms with van der Waals surface area (Å²) in [5.74, 6) is -0.807. The summed E-state index contributed by atoms with van der Waals surface area (Å²) in [6.07, 6.45) is -0.630. The van der Waals surface area contributed by atoms with Crippen molar-refractivity contribution >= 4 is 17.8 Å². The molecule has 1 aliphatic rings. The van der Waals surface area contributed by atoms with Gasteiger partial charge in [-0.25, -0.2) is 0 Å². The summed E-state index contributed by atoms with van der Waals surface area (Å²) < 4.78 is 10.5. The maximum atomic E-state index is 12.1. The van der Waals surface area contributed by atoms with Gasteiger partial charge in [-0.3, -0.25) is 9.59 Å². The van der Waals surface area contributed by atoms with Gasteiger partial charge in [0.25, 0.3) is 5.91 Å². The first-order chi connectivity index (χ1) is 11.5. The molecule has 2 rings (SSSR count). The van der Waals surface area contributed by atoms with Gasteiger partial charge in [-0.05, 0) is 24.3 Å². The lowest BCUT2D eigenvalue weighted by molar-refractivity contribution is -0.304. The summed E-state index contributed by atoms with van der Waals surface area (Å²) in [7, 11) is 1.57. The number of ether oxygens (including phenoxy) is 2. The Hall–Kier alpha value is -2.77. The van der Waals surface area contributed by atoms with E-state index in [4.69, 9.17) is 9.47 Å². The van der Waals surface area contributed by atoms with Crippen LogP contribution >= 0.6 is 0 Å². The van der Waals surface area contributed by atoms with Crippen molar-refractivity contribution in [2.24, 2.45) is 0 Å². The molecule has 1 saturated heterocycles. The Labute approximate surface area is 139 Å². The third-order valence-corrected chi connectivity index (χ3v) is 3.70. The zero-order chi connectivity index (χ0) is 17.5. The third kappa shape index (κ3) is 4.87. The maximum Gasteiger partial charge on any atom is 0.260 e. The molecule has 8 heteroatoms. The van der Waals surface area contributed by atoms with E-state index in [9.17, 15) is 19.5 Å². The average Bonchev–Trinajstić information content (AvgIpc) is 2.59. The van der Waals surface area contributed by atoms with Crippen LogP contribution in [0.3, 0.4) is 0 Å². The zero-order valence-electron chi connectivity index (χ0n) is 13.4. The topological polar surface area (TPSA) is 99.2 Å². The van der Waals surface area contributed by atoms with E-state index in [0.29, 0.717) is 37.7 Å². The number of aliphatic carboxylic acids is 1. The van der Waals surface area contributed by atoms with E-state index >= 15 is 0 Å². The number of carbonyl (C=O) groups excluding carboxylic acids is 3. The summed E-state index contributed by atoms with van der Waals surface area (Å²) in [4.78, 5) is 37.2. The van der Waals surface area contributed by atoms with Crippen molar-refractivity contribution in [3.63, 3.8) is 0 Å². The van der Waals surface area contributed by atoms with Crippen molar-refractivity contribution in [1.29, 1.82) is 0 Å². The monoisotopic (exact) mass is 335 g/mol. The normalized spacial score (nSPS) is 14.2. The highest BCUT2D eigenvalue weighted by Gasteiger charge is 2.24. The van der Waals surface area contributed by atoms with E-state index in [1.54, 1.807) is 36.3 Å². The molecule has 24 heavy (non-hydrogen) atoms. The quantitative estimate of drug-likeness (QED) is 0.611. The number of carbonyl (C=O) groups is 3. The van der Waals surface area contributed by atoms with Crippen LogP contribution in [0.5, 0.6) is 11.5 Å². The summed E-state index contributed by atoms with van der Waals surface area (Å²) in [5.41, 5.74) is 0. The van der Waals surface area contributed by atoms with Crippen molar-refractivity contribution in [1.82, 2.24) is 9.80 Å². The van der Waals surface area contributed by atoms with Crippen LogP contribution in [0.4, 0.5) is 0 Å². The van der Waals surface area contributed by atoms with E-state index < -0.39 is 18.3 Å². The minimum atomic E-state index is -1.40. The molecule has 0 N–H and O–H groups in total.